The minimum Gasteiger partial charge on any atom is -0.309 e. The summed E-state index contributed by atoms with van der Waals surface area (Å²) in [5.74, 6) is 0. The maximum atomic E-state index is 2.40. The molecule has 0 spiro atoms. The molecular formula is C61H49N. The van der Waals surface area contributed by atoms with Crippen LogP contribution < -0.4 is 0 Å². The van der Waals surface area contributed by atoms with Crippen LogP contribution in [0.3, 0.4) is 0 Å². The van der Waals surface area contributed by atoms with Crippen LogP contribution in [0.25, 0.3) is 82.8 Å². The van der Waals surface area contributed by atoms with Crippen molar-refractivity contribution in [3.05, 3.63) is 259 Å². The molecule has 10 aromatic carbocycles. The van der Waals surface area contributed by atoms with E-state index in [2.05, 4.69) is 262 Å². The molecule has 1 nitrogen and oxygen atoms in total. The third-order valence-electron chi connectivity index (χ3n) is 11.6. The summed E-state index contributed by atoms with van der Waals surface area (Å²) < 4.78 is 2.40. The van der Waals surface area contributed by atoms with Crippen LogP contribution in [0.5, 0.6) is 0 Å². The lowest BCUT2D eigenvalue weighted by Gasteiger charge is -2.13. The maximum Gasteiger partial charge on any atom is 0.0547 e. The summed E-state index contributed by atoms with van der Waals surface area (Å²) in [5.41, 5.74) is 17.5. The zero-order valence-electron chi connectivity index (χ0n) is 35.5. The highest BCUT2D eigenvalue weighted by atomic mass is 15.0. The summed E-state index contributed by atoms with van der Waals surface area (Å²) in [4.78, 5) is 0. The largest absolute Gasteiger partial charge is 0.309 e. The molecule has 0 fully saturated rings. The van der Waals surface area contributed by atoms with Gasteiger partial charge in [0.2, 0.25) is 0 Å². The fraction of sp³-hybridized carbons (Fsp3) is 0.0492. The molecule has 0 aliphatic rings. The van der Waals surface area contributed by atoms with E-state index in [-0.39, 0.29) is 0 Å². The van der Waals surface area contributed by atoms with Gasteiger partial charge in [-0.05, 0) is 106 Å². The van der Waals surface area contributed by atoms with E-state index in [0.29, 0.717) is 0 Å². The molecule has 0 saturated heterocycles. The number of hydrogen-bond acceptors (Lipinski definition) is 0. The van der Waals surface area contributed by atoms with Crippen molar-refractivity contribution in [2.75, 3.05) is 0 Å². The normalized spacial score (nSPS) is 10.8. The number of nitrogens with zero attached hydrogens (tertiary/aromatic N) is 1. The minimum absolute atomic E-state index is 1.17. The second-order valence-electron chi connectivity index (χ2n) is 15.9. The van der Waals surface area contributed by atoms with E-state index >= 15 is 0 Å². The molecule has 1 heteroatoms. The first-order chi connectivity index (χ1) is 30.5. The van der Waals surface area contributed by atoms with Crippen molar-refractivity contribution in [2.45, 2.75) is 20.8 Å². The van der Waals surface area contributed by atoms with Gasteiger partial charge in [-0.15, -0.1) is 0 Å². The monoisotopic (exact) mass is 795 g/mol. The Bertz CT molecular complexity index is 3220. The molecule has 1 aromatic heterocycles. The second-order valence-corrected chi connectivity index (χ2v) is 15.9. The molecular weight excluding hydrogens is 747 g/mol. The average molecular weight is 796 g/mol. The van der Waals surface area contributed by atoms with Gasteiger partial charge in [0.25, 0.3) is 0 Å². The van der Waals surface area contributed by atoms with E-state index in [9.17, 15) is 0 Å². The molecule has 0 aliphatic heterocycles. The van der Waals surface area contributed by atoms with Gasteiger partial charge in [-0.1, -0.05) is 230 Å². The van der Waals surface area contributed by atoms with Gasteiger partial charge in [0.15, 0.2) is 0 Å². The zero-order chi connectivity index (χ0) is 42.3. The van der Waals surface area contributed by atoms with Crippen LogP contribution in [-0.4, -0.2) is 4.57 Å². The van der Waals surface area contributed by atoms with Gasteiger partial charge in [0, 0.05) is 16.5 Å². The molecule has 0 radical (unpaired) electrons. The number of aromatic nitrogens is 1. The molecule has 0 saturated carbocycles. The topological polar surface area (TPSA) is 4.93 Å². The second kappa shape index (κ2) is 18.3. The van der Waals surface area contributed by atoms with Crippen molar-refractivity contribution < 1.29 is 0 Å². The average Bonchev–Trinajstić information content (AvgIpc) is 3.67. The fourth-order valence-corrected chi connectivity index (χ4v) is 8.41. The standard InChI is InChI=1S/C37H27N.C13H12.C11H10/c1-26-10-9-13-29(24-26)30-20-23-35-34-16-7-8-17-36(34)38(37(35)25-30)31-21-18-28(19-22-31)33-15-6-5-14-32(33)27-11-3-2-4-12-27;1-11-7-9-13(10-8-11)12-5-3-2-4-6-12;1-9-5-4-7-10-6-2-3-8-11(9)10/h2-25H,1H3;2-10H,1H3;2-8H,1H3. The van der Waals surface area contributed by atoms with Gasteiger partial charge in [0.05, 0.1) is 11.0 Å². The van der Waals surface area contributed by atoms with Gasteiger partial charge in [-0.25, -0.2) is 0 Å². The van der Waals surface area contributed by atoms with E-state index in [0.717, 1.165) is 0 Å². The Morgan fingerprint density at radius 3 is 1.45 bits per heavy atom. The summed E-state index contributed by atoms with van der Waals surface area (Å²) in [7, 11) is 0. The summed E-state index contributed by atoms with van der Waals surface area (Å²) in [6.07, 6.45) is 0. The molecule has 0 unspecified atom stereocenters. The molecule has 298 valence electrons. The van der Waals surface area contributed by atoms with Gasteiger partial charge >= 0.3 is 0 Å². The Hall–Kier alpha value is -7.74. The third-order valence-corrected chi connectivity index (χ3v) is 11.6. The summed E-state index contributed by atoms with van der Waals surface area (Å²) in [5, 5.41) is 5.23. The van der Waals surface area contributed by atoms with E-state index in [1.807, 2.05) is 6.07 Å². The van der Waals surface area contributed by atoms with E-state index in [1.165, 1.54) is 99.5 Å². The highest BCUT2D eigenvalue weighted by Crippen LogP contribution is 2.37. The zero-order valence-corrected chi connectivity index (χ0v) is 35.5. The van der Waals surface area contributed by atoms with Crippen LogP contribution in [0, 0.1) is 20.8 Å². The van der Waals surface area contributed by atoms with Crippen LogP contribution >= 0.6 is 0 Å². The van der Waals surface area contributed by atoms with Crippen molar-refractivity contribution in [1.82, 2.24) is 4.57 Å². The number of aryl methyl sites for hydroxylation is 3. The lowest BCUT2D eigenvalue weighted by molar-refractivity contribution is 1.18. The van der Waals surface area contributed by atoms with Crippen LogP contribution in [0.2, 0.25) is 0 Å². The number of hydrogen-bond donors (Lipinski definition) is 0. The molecule has 0 atom stereocenters. The molecule has 0 aliphatic carbocycles. The van der Waals surface area contributed by atoms with Crippen molar-refractivity contribution in [1.29, 1.82) is 0 Å². The Morgan fingerprint density at radius 2 is 0.758 bits per heavy atom. The van der Waals surface area contributed by atoms with Crippen LogP contribution in [-0.2, 0) is 0 Å². The van der Waals surface area contributed by atoms with Gasteiger partial charge < -0.3 is 4.57 Å². The summed E-state index contributed by atoms with van der Waals surface area (Å²) >= 11 is 0. The van der Waals surface area contributed by atoms with Crippen LogP contribution in [0.4, 0.5) is 0 Å². The first-order valence-electron chi connectivity index (χ1n) is 21.4. The number of rotatable bonds is 5. The predicted octanol–water partition coefficient (Wildman–Crippen LogP) is 16.9. The molecule has 1 heterocycles. The van der Waals surface area contributed by atoms with Crippen LogP contribution in [0.15, 0.2) is 243 Å². The Morgan fingerprint density at radius 1 is 0.274 bits per heavy atom. The van der Waals surface area contributed by atoms with Crippen molar-refractivity contribution in [3.63, 3.8) is 0 Å². The Balaban J connectivity index is 0.000000165. The lowest BCUT2D eigenvalue weighted by Crippen LogP contribution is -1.94. The summed E-state index contributed by atoms with van der Waals surface area (Å²) in [6.45, 7) is 6.40. The minimum atomic E-state index is 1.17. The highest BCUT2D eigenvalue weighted by molar-refractivity contribution is 6.10. The Labute approximate surface area is 365 Å². The quantitative estimate of drug-likeness (QED) is 0.164. The molecule has 0 bridgehead atoms. The fourth-order valence-electron chi connectivity index (χ4n) is 8.41. The number of fused-ring (bicyclic) bond motifs is 4. The van der Waals surface area contributed by atoms with E-state index < -0.39 is 0 Å². The SMILES string of the molecule is Cc1ccc(-c2ccccc2)cc1.Cc1cccc(-c2ccc3c4ccccc4n(-c4ccc(-c5ccccc5-c5ccccc5)cc4)c3c2)c1.Cc1cccc2ccccc12. The van der Waals surface area contributed by atoms with E-state index in [1.54, 1.807) is 0 Å². The van der Waals surface area contributed by atoms with Crippen molar-refractivity contribution in [2.24, 2.45) is 0 Å². The molecule has 0 N–H and O–H groups in total. The maximum absolute atomic E-state index is 2.40. The predicted molar refractivity (Wildman–Crippen MR) is 267 cm³/mol. The van der Waals surface area contributed by atoms with Gasteiger partial charge in [-0.3, -0.25) is 0 Å². The molecule has 11 rings (SSSR count). The lowest BCUT2D eigenvalue weighted by atomic mass is 9.94. The van der Waals surface area contributed by atoms with Gasteiger partial charge in [0.1, 0.15) is 0 Å². The van der Waals surface area contributed by atoms with Crippen molar-refractivity contribution in [3.8, 4) is 50.2 Å². The number of para-hydroxylation sites is 1. The third kappa shape index (κ3) is 8.61. The van der Waals surface area contributed by atoms with Crippen molar-refractivity contribution >= 4 is 32.6 Å². The number of benzene rings is 10. The smallest absolute Gasteiger partial charge is 0.0547 e. The van der Waals surface area contributed by atoms with Crippen LogP contribution in [0.1, 0.15) is 16.7 Å². The summed E-state index contributed by atoms with van der Waals surface area (Å²) in [6, 6.07) is 86.4. The Kier molecular flexibility index (Phi) is 11.7. The first kappa shape index (κ1) is 39.7. The molecule has 11 aromatic rings. The molecule has 62 heavy (non-hydrogen) atoms. The van der Waals surface area contributed by atoms with Gasteiger partial charge in [-0.2, -0.15) is 0 Å². The highest BCUT2D eigenvalue weighted by Gasteiger charge is 2.14. The van der Waals surface area contributed by atoms with E-state index in [4.69, 9.17) is 0 Å². The molecule has 0 amide bonds. The first-order valence-corrected chi connectivity index (χ1v) is 21.4.